The second kappa shape index (κ2) is 14.1. The smallest absolute Gasteiger partial charge is 0.327 e. The highest BCUT2D eigenvalue weighted by molar-refractivity contribution is 7.99. The van der Waals surface area contributed by atoms with Gasteiger partial charge in [-0.15, -0.1) is 0 Å². The number of amides is 1. The number of aliphatic hydroxyl groups is 1. The number of carbonyl (C=O) groups excluding carboxylic acids is 1. The molecule has 0 bridgehead atoms. The lowest BCUT2D eigenvalue weighted by atomic mass is 10.0. The Bertz CT molecular complexity index is 1470. The average Bonchev–Trinajstić information content (AvgIpc) is 3.34. The van der Waals surface area contributed by atoms with Crippen molar-refractivity contribution in [3.63, 3.8) is 0 Å². The second-order valence-corrected chi connectivity index (χ2v) is 10.2. The molecule has 41 heavy (non-hydrogen) atoms. The van der Waals surface area contributed by atoms with E-state index in [1.54, 1.807) is 43.3 Å². The van der Waals surface area contributed by atoms with E-state index in [-0.39, 0.29) is 18.3 Å². The lowest BCUT2D eigenvalue weighted by Crippen LogP contribution is -2.25. The molecular formula is C28H30FN2O8PS. The van der Waals surface area contributed by atoms with Crippen LogP contribution in [0, 0.1) is 5.82 Å². The summed E-state index contributed by atoms with van der Waals surface area (Å²) < 4.78 is 39.2. The zero-order valence-corrected chi connectivity index (χ0v) is 24.2. The molecule has 0 radical (unpaired) electrons. The molecule has 2 atom stereocenters. The van der Waals surface area contributed by atoms with E-state index in [0.29, 0.717) is 50.6 Å². The van der Waals surface area contributed by atoms with Gasteiger partial charge in [-0.3, -0.25) is 4.79 Å². The summed E-state index contributed by atoms with van der Waals surface area (Å²) in [5.74, 6) is 0.653. The van der Waals surface area contributed by atoms with Crippen LogP contribution in [0.25, 0.3) is 22.3 Å². The summed E-state index contributed by atoms with van der Waals surface area (Å²) in [6.07, 6.45) is 0.451. The molecule has 2 unspecified atom stereocenters. The van der Waals surface area contributed by atoms with Crippen LogP contribution in [0.2, 0.25) is 0 Å². The number of benzene rings is 3. The molecule has 0 fully saturated rings. The standard InChI is InChI=1S/C28H30FN2O8PS/c1-16(37-21(14-32)15-36-40(34)35)22-12-23-25(13-24(22)31-41-3)39-27(26(23)28(33)30-2)17-4-8-19(9-5-17)38-20-10-6-18(29)7-11-20/h4-13,16,21,31-32,34-35H,14-15H2,1-3H3,(H,30,33). The number of nitrogens with one attached hydrogen (secondary N) is 2. The maximum atomic E-state index is 13.2. The average molecular weight is 605 g/mol. The minimum absolute atomic E-state index is 0.215. The Labute approximate surface area is 241 Å². The molecule has 10 nitrogen and oxygen atoms in total. The van der Waals surface area contributed by atoms with E-state index >= 15 is 0 Å². The predicted molar refractivity (Wildman–Crippen MR) is 156 cm³/mol. The Kier molecular flexibility index (Phi) is 10.6. The van der Waals surface area contributed by atoms with E-state index < -0.39 is 27.4 Å². The molecule has 0 aliphatic carbocycles. The number of hydrogen-bond donors (Lipinski definition) is 5. The highest BCUT2D eigenvalue weighted by atomic mass is 32.2. The first-order valence-electron chi connectivity index (χ1n) is 12.5. The number of rotatable bonds is 13. The third-order valence-corrected chi connectivity index (χ3v) is 6.91. The summed E-state index contributed by atoms with van der Waals surface area (Å²) in [4.78, 5) is 31.2. The summed E-state index contributed by atoms with van der Waals surface area (Å²) in [5, 5.41) is 12.9. The molecule has 13 heteroatoms. The second-order valence-electron chi connectivity index (χ2n) is 8.84. The minimum atomic E-state index is -2.59. The van der Waals surface area contributed by atoms with Crippen molar-refractivity contribution < 1.29 is 42.5 Å². The summed E-state index contributed by atoms with van der Waals surface area (Å²) in [6, 6.07) is 16.2. The summed E-state index contributed by atoms with van der Waals surface area (Å²) in [6.45, 7) is 1.16. The van der Waals surface area contributed by atoms with Crippen LogP contribution in [0.1, 0.15) is 28.9 Å². The SMILES string of the molecule is CNC(=O)c1c(-c2ccc(Oc3ccc(F)cc3)cc2)oc2cc(NSC)c(C(C)OC(CO)COP(O)O)cc12. The number of furan rings is 1. The molecule has 0 aliphatic heterocycles. The third kappa shape index (κ3) is 7.55. The van der Waals surface area contributed by atoms with Crippen LogP contribution < -0.4 is 14.8 Å². The van der Waals surface area contributed by atoms with Crippen molar-refractivity contribution in [2.24, 2.45) is 0 Å². The van der Waals surface area contributed by atoms with Gasteiger partial charge in [-0.05, 0) is 61.5 Å². The fourth-order valence-corrected chi connectivity index (χ4v) is 4.90. The third-order valence-electron chi connectivity index (χ3n) is 6.11. The van der Waals surface area contributed by atoms with E-state index in [1.807, 2.05) is 6.26 Å². The van der Waals surface area contributed by atoms with Gasteiger partial charge >= 0.3 is 8.60 Å². The van der Waals surface area contributed by atoms with Crippen molar-refractivity contribution in [3.05, 3.63) is 77.6 Å². The maximum Gasteiger partial charge on any atom is 0.327 e. The molecule has 218 valence electrons. The molecule has 1 amide bonds. The van der Waals surface area contributed by atoms with Crippen LogP contribution in [0.4, 0.5) is 10.1 Å². The van der Waals surface area contributed by atoms with Crippen LogP contribution in [0.5, 0.6) is 11.5 Å². The quantitative estimate of drug-likeness (QED) is 0.0946. The number of ether oxygens (including phenoxy) is 2. The molecule has 5 N–H and O–H groups in total. The van der Waals surface area contributed by atoms with Crippen molar-refractivity contribution in [1.82, 2.24) is 5.32 Å². The Balaban J connectivity index is 1.71. The van der Waals surface area contributed by atoms with Crippen LogP contribution in [0.15, 0.2) is 65.1 Å². The fourth-order valence-electron chi connectivity index (χ4n) is 4.21. The molecule has 0 spiro atoms. The van der Waals surface area contributed by atoms with Crippen LogP contribution in [-0.4, -0.2) is 53.4 Å². The Hall–Kier alpha value is -3.22. The molecule has 3 aromatic carbocycles. The van der Waals surface area contributed by atoms with Gasteiger partial charge in [0.25, 0.3) is 5.91 Å². The summed E-state index contributed by atoms with van der Waals surface area (Å²) >= 11 is 1.36. The summed E-state index contributed by atoms with van der Waals surface area (Å²) in [7, 11) is -1.06. The van der Waals surface area contributed by atoms with E-state index in [2.05, 4.69) is 10.0 Å². The zero-order valence-electron chi connectivity index (χ0n) is 22.5. The molecule has 0 saturated heterocycles. The van der Waals surface area contributed by atoms with E-state index in [9.17, 15) is 14.3 Å². The number of aliphatic hydroxyl groups excluding tert-OH is 1. The van der Waals surface area contributed by atoms with Gasteiger partial charge in [-0.25, -0.2) is 4.39 Å². The number of fused-ring (bicyclic) bond motifs is 1. The number of halogens is 1. The molecule has 1 heterocycles. The number of hydrogen-bond acceptors (Lipinski definition) is 10. The molecule has 0 saturated carbocycles. The van der Waals surface area contributed by atoms with E-state index in [0.717, 1.165) is 0 Å². The number of anilines is 1. The van der Waals surface area contributed by atoms with Gasteiger partial charge < -0.3 is 43.3 Å². The van der Waals surface area contributed by atoms with Gasteiger partial charge in [0, 0.05) is 35.9 Å². The Morgan fingerprint density at radius 1 is 1.10 bits per heavy atom. The van der Waals surface area contributed by atoms with Gasteiger partial charge in [0.1, 0.15) is 34.8 Å². The number of carbonyl (C=O) groups is 1. The van der Waals surface area contributed by atoms with Gasteiger partial charge in [0.05, 0.1) is 30.6 Å². The molecule has 4 rings (SSSR count). The largest absolute Gasteiger partial charge is 0.457 e. The first kappa shape index (κ1) is 30.7. The fraction of sp³-hybridized carbons (Fsp3) is 0.250. The maximum absolute atomic E-state index is 13.2. The Morgan fingerprint density at radius 3 is 2.34 bits per heavy atom. The predicted octanol–water partition coefficient (Wildman–Crippen LogP) is 5.75. The van der Waals surface area contributed by atoms with Crippen LogP contribution >= 0.6 is 20.6 Å². The lowest BCUT2D eigenvalue weighted by Gasteiger charge is -2.23. The van der Waals surface area contributed by atoms with Crippen molar-refractivity contribution in [3.8, 4) is 22.8 Å². The lowest BCUT2D eigenvalue weighted by molar-refractivity contribution is -0.0539. The normalized spacial score (nSPS) is 12.9. The van der Waals surface area contributed by atoms with Crippen molar-refractivity contribution in [2.75, 3.05) is 31.2 Å². The van der Waals surface area contributed by atoms with Crippen molar-refractivity contribution in [2.45, 2.75) is 19.1 Å². The monoisotopic (exact) mass is 604 g/mol. The van der Waals surface area contributed by atoms with Gasteiger partial charge in [-0.2, -0.15) is 0 Å². The van der Waals surface area contributed by atoms with Gasteiger partial charge in [0.15, 0.2) is 0 Å². The topological polar surface area (TPSA) is 143 Å². The zero-order chi connectivity index (χ0) is 29.5. The van der Waals surface area contributed by atoms with Crippen molar-refractivity contribution in [1.29, 1.82) is 0 Å². The molecule has 0 aliphatic rings. The minimum Gasteiger partial charge on any atom is -0.457 e. The highest BCUT2D eigenvalue weighted by Crippen LogP contribution is 2.40. The Morgan fingerprint density at radius 2 is 1.76 bits per heavy atom. The first-order valence-corrected chi connectivity index (χ1v) is 14.9. The van der Waals surface area contributed by atoms with E-state index in [4.69, 9.17) is 28.2 Å². The van der Waals surface area contributed by atoms with Gasteiger partial charge in [-0.1, -0.05) is 11.9 Å². The summed E-state index contributed by atoms with van der Waals surface area (Å²) in [5.41, 5.74) is 2.78. The first-order chi connectivity index (χ1) is 19.7. The van der Waals surface area contributed by atoms with Crippen LogP contribution in [0.3, 0.4) is 0 Å². The van der Waals surface area contributed by atoms with Crippen LogP contribution in [-0.2, 0) is 9.26 Å². The molecular weight excluding hydrogens is 574 g/mol. The molecule has 1 aromatic heterocycles. The molecule has 4 aromatic rings. The highest BCUT2D eigenvalue weighted by Gasteiger charge is 2.25. The van der Waals surface area contributed by atoms with E-state index in [1.165, 1.54) is 43.3 Å². The van der Waals surface area contributed by atoms with Crippen molar-refractivity contribution >= 4 is 43.1 Å². The van der Waals surface area contributed by atoms with Gasteiger partial charge in [0.2, 0.25) is 0 Å².